The summed E-state index contributed by atoms with van der Waals surface area (Å²) in [6.07, 6.45) is -1.96. The van der Waals surface area contributed by atoms with Crippen molar-refractivity contribution in [3.63, 3.8) is 0 Å². The molecular formula is C28H45NO7S2Si. The van der Waals surface area contributed by atoms with Gasteiger partial charge in [0, 0.05) is 17.9 Å². The second-order valence-electron chi connectivity index (χ2n) is 12.0. The Bertz CT molecular complexity index is 980. The van der Waals surface area contributed by atoms with Crippen molar-refractivity contribution in [3.8, 4) is 0 Å². The van der Waals surface area contributed by atoms with Crippen LogP contribution in [0.5, 0.6) is 0 Å². The van der Waals surface area contributed by atoms with Crippen molar-refractivity contribution in [2.24, 2.45) is 0 Å². The van der Waals surface area contributed by atoms with Gasteiger partial charge < -0.3 is 23.7 Å². The number of rotatable bonds is 10. The number of benzene rings is 1. The molecule has 0 bridgehead atoms. The predicted octanol–water partition coefficient (Wildman–Crippen LogP) is 5.64. The number of ether oxygens (including phenoxy) is 3. The molecule has 3 atom stereocenters. The fourth-order valence-electron chi connectivity index (χ4n) is 4.59. The van der Waals surface area contributed by atoms with Crippen LogP contribution in [0.2, 0.25) is 18.1 Å². The molecule has 3 rings (SSSR count). The highest BCUT2D eigenvalue weighted by molar-refractivity contribution is 8.22. The Labute approximate surface area is 243 Å². The highest BCUT2D eigenvalue weighted by atomic mass is 32.2. The monoisotopic (exact) mass is 599 g/mol. The minimum atomic E-state index is -2.17. The van der Waals surface area contributed by atoms with Crippen molar-refractivity contribution in [3.05, 3.63) is 35.9 Å². The zero-order chi connectivity index (χ0) is 29.1. The van der Waals surface area contributed by atoms with E-state index in [1.54, 1.807) is 11.8 Å². The van der Waals surface area contributed by atoms with Gasteiger partial charge in [-0.3, -0.25) is 4.90 Å². The van der Waals surface area contributed by atoms with E-state index >= 15 is 0 Å². The molecule has 2 fully saturated rings. The summed E-state index contributed by atoms with van der Waals surface area (Å²) in [6, 6.07) is 9.01. The molecule has 2 aliphatic rings. The van der Waals surface area contributed by atoms with Gasteiger partial charge in [-0.2, -0.15) is 0 Å². The Kier molecular flexibility index (Phi) is 10.5. The molecule has 0 aromatic heterocycles. The lowest BCUT2D eigenvalue weighted by Crippen LogP contribution is -2.53. The molecule has 0 saturated carbocycles. The summed E-state index contributed by atoms with van der Waals surface area (Å²) < 4.78 is 23.0. The smallest absolute Gasteiger partial charge is 0.412 e. The number of aliphatic hydroxyl groups excluding tert-OH is 1. The summed E-state index contributed by atoms with van der Waals surface area (Å²) >= 11 is 2.84. The average Bonchev–Trinajstić information content (AvgIpc) is 3.44. The van der Waals surface area contributed by atoms with E-state index in [0.29, 0.717) is 0 Å². The summed E-state index contributed by atoms with van der Waals surface area (Å²) in [5.74, 6) is 1.07. The third kappa shape index (κ3) is 7.34. The maximum atomic E-state index is 13.5. The summed E-state index contributed by atoms with van der Waals surface area (Å²) in [5, 5.41) is 11.5. The van der Waals surface area contributed by atoms with Crippen molar-refractivity contribution < 1.29 is 33.3 Å². The van der Waals surface area contributed by atoms with Gasteiger partial charge in [0.2, 0.25) is 0 Å². The second kappa shape index (κ2) is 12.7. The van der Waals surface area contributed by atoms with E-state index in [9.17, 15) is 14.7 Å². The second-order valence-corrected chi connectivity index (χ2v) is 19.7. The number of carbonyl (C=O) groups is 2. The number of aliphatic hydroxyl groups is 1. The molecule has 2 heterocycles. The van der Waals surface area contributed by atoms with Gasteiger partial charge >= 0.3 is 12.1 Å². The highest BCUT2D eigenvalue weighted by Crippen LogP contribution is 2.49. The van der Waals surface area contributed by atoms with E-state index < -0.39 is 48.4 Å². The first-order valence-corrected chi connectivity index (χ1v) is 18.5. The Morgan fingerprint density at radius 2 is 1.77 bits per heavy atom. The third-order valence-electron chi connectivity index (χ3n) is 7.77. The molecule has 0 spiro atoms. The quantitative estimate of drug-likeness (QED) is 0.271. The van der Waals surface area contributed by atoms with Gasteiger partial charge in [-0.15, -0.1) is 23.5 Å². The number of hydrogen-bond acceptors (Lipinski definition) is 9. The Balaban J connectivity index is 1.87. The van der Waals surface area contributed by atoms with Crippen LogP contribution in [0.25, 0.3) is 0 Å². The van der Waals surface area contributed by atoms with Crippen LogP contribution in [-0.4, -0.2) is 83.2 Å². The van der Waals surface area contributed by atoms with Gasteiger partial charge in [-0.05, 0) is 44.5 Å². The molecule has 39 heavy (non-hydrogen) atoms. The minimum absolute atomic E-state index is 0.0270. The van der Waals surface area contributed by atoms with Crippen LogP contribution in [0.1, 0.15) is 53.5 Å². The highest BCUT2D eigenvalue weighted by Gasteiger charge is 2.56. The standard InChI is InChI=1S/C28H45NO7S2Si/c1-9-33-24(31)28(37-15-16-38-28)23(30)17-22-21(19-35-39(7,8)26(2,3)4)29(27(5,6)36-22)25(32)34-18-20-13-11-10-12-14-20/h10-14,21-23,30H,9,15-19H2,1-8H3/t21-,22-,23-/m0/s1. The normalized spacial score (nSPS) is 23.5. The molecule has 0 radical (unpaired) electrons. The summed E-state index contributed by atoms with van der Waals surface area (Å²) in [6.45, 7) is 16.8. The summed E-state index contributed by atoms with van der Waals surface area (Å²) in [7, 11) is -2.17. The average molecular weight is 600 g/mol. The summed E-state index contributed by atoms with van der Waals surface area (Å²) in [5.41, 5.74) is -0.122. The Morgan fingerprint density at radius 3 is 2.33 bits per heavy atom. The molecule has 11 heteroatoms. The number of amides is 1. The molecule has 8 nitrogen and oxygen atoms in total. The van der Waals surface area contributed by atoms with E-state index in [1.165, 1.54) is 23.5 Å². The van der Waals surface area contributed by atoms with Crippen molar-refractivity contribution in [1.82, 2.24) is 4.90 Å². The minimum Gasteiger partial charge on any atom is -0.464 e. The SMILES string of the molecule is CCOC(=O)C1([C@@H](O)C[C@@H]2OC(C)(C)N(C(=O)OCc3ccccc3)[C@H]2CO[Si](C)(C)C(C)(C)C)SCCS1. The van der Waals surface area contributed by atoms with Gasteiger partial charge in [-0.25, -0.2) is 9.59 Å². The number of hydrogen-bond donors (Lipinski definition) is 1. The lowest BCUT2D eigenvalue weighted by molar-refractivity contribution is -0.146. The van der Waals surface area contributed by atoms with Crippen molar-refractivity contribution >= 4 is 43.9 Å². The first-order valence-electron chi connectivity index (χ1n) is 13.6. The first-order chi connectivity index (χ1) is 18.1. The van der Waals surface area contributed by atoms with Crippen LogP contribution < -0.4 is 0 Å². The van der Waals surface area contributed by atoms with Crippen LogP contribution in [0.3, 0.4) is 0 Å². The Morgan fingerprint density at radius 1 is 1.15 bits per heavy atom. The van der Waals surface area contributed by atoms with Crippen molar-refractivity contribution in [2.75, 3.05) is 24.7 Å². The van der Waals surface area contributed by atoms with Crippen molar-refractivity contribution in [2.45, 2.75) is 101 Å². The lowest BCUT2D eigenvalue weighted by Gasteiger charge is -2.39. The molecule has 1 N–H and O–H groups in total. The molecule has 1 amide bonds. The molecule has 220 valence electrons. The fourth-order valence-corrected chi connectivity index (χ4v) is 8.65. The van der Waals surface area contributed by atoms with Gasteiger partial charge in [0.05, 0.1) is 31.5 Å². The lowest BCUT2D eigenvalue weighted by atomic mass is 10.0. The predicted molar refractivity (Wildman–Crippen MR) is 159 cm³/mol. The van der Waals surface area contributed by atoms with Gasteiger partial charge in [0.1, 0.15) is 12.3 Å². The third-order valence-corrected chi connectivity index (χ3v) is 15.8. The van der Waals surface area contributed by atoms with E-state index in [2.05, 4.69) is 33.9 Å². The summed E-state index contributed by atoms with van der Waals surface area (Å²) in [4.78, 5) is 28.1. The molecule has 2 aliphatic heterocycles. The number of carbonyl (C=O) groups excluding carboxylic acids is 2. The zero-order valence-corrected chi connectivity index (χ0v) is 27.2. The molecular weight excluding hydrogens is 555 g/mol. The zero-order valence-electron chi connectivity index (χ0n) is 24.5. The maximum Gasteiger partial charge on any atom is 0.412 e. The van der Waals surface area contributed by atoms with Gasteiger partial charge in [0.25, 0.3) is 0 Å². The van der Waals surface area contributed by atoms with E-state index in [1.807, 2.05) is 44.2 Å². The fraction of sp³-hybridized carbons (Fsp3) is 0.714. The van der Waals surface area contributed by atoms with Crippen LogP contribution in [-0.2, 0) is 30.0 Å². The first kappa shape index (κ1) is 32.3. The number of esters is 1. The van der Waals surface area contributed by atoms with Crippen LogP contribution in [0.15, 0.2) is 30.3 Å². The number of nitrogens with zero attached hydrogens (tertiary/aromatic N) is 1. The van der Waals surface area contributed by atoms with Crippen LogP contribution in [0, 0.1) is 0 Å². The number of thioether (sulfide) groups is 2. The van der Waals surface area contributed by atoms with E-state index in [-0.39, 0.29) is 31.3 Å². The molecule has 0 unspecified atom stereocenters. The van der Waals surface area contributed by atoms with Gasteiger partial charge in [-0.1, -0.05) is 51.1 Å². The van der Waals surface area contributed by atoms with Gasteiger partial charge in [0.15, 0.2) is 12.4 Å². The van der Waals surface area contributed by atoms with Crippen LogP contribution in [0.4, 0.5) is 4.79 Å². The molecule has 2 saturated heterocycles. The van der Waals surface area contributed by atoms with E-state index in [4.69, 9.17) is 18.6 Å². The topological polar surface area (TPSA) is 94.5 Å². The molecule has 0 aliphatic carbocycles. The van der Waals surface area contributed by atoms with Crippen LogP contribution >= 0.6 is 23.5 Å². The van der Waals surface area contributed by atoms with Crippen molar-refractivity contribution in [1.29, 1.82) is 0 Å². The maximum absolute atomic E-state index is 13.5. The molecule has 1 aromatic rings. The largest absolute Gasteiger partial charge is 0.464 e. The Hall–Kier alpha value is -1.24. The molecule has 1 aromatic carbocycles. The van der Waals surface area contributed by atoms with E-state index in [0.717, 1.165) is 17.1 Å².